The summed E-state index contributed by atoms with van der Waals surface area (Å²) in [7, 11) is 0. The topological polar surface area (TPSA) is 123 Å². The van der Waals surface area contributed by atoms with Gasteiger partial charge >= 0.3 is 6.03 Å². The van der Waals surface area contributed by atoms with Gasteiger partial charge < -0.3 is 0 Å². The Labute approximate surface area is 195 Å². The number of amides is 4. The second-order valence-electron chi connectivity index (χ2n) is 8.28. The molecular formula is C25H22N4O5. The number of non-ortho nitro benzene ring substituents is 1. The summed E-state index contributed by atoms with van der Waals surface area (Å²) in [6, 6.07) is 15.4. The molecule has 2 heterocycles. The normalized spacial score (nSPS) is 18.0. The molecule has 4 rings (SSSR count). The number of imide groups is 2. The fourth-order valence-electron chi connectivity index (χ4n) is 4.13. The van der Waals surface area contributed by atoms with Crippen molar-refractivity contribution in [1.82, 2.24) is 10.3 Å². The maximum Gasteiger partial charge on any atom is 0.335 e. The molecule has 1 aliphatic rings. The monoisotopic (exact) mass is 458 g/mol. The highest BCUT2D eigenvalue weighted by molar-refractivity contribution is 6.30. The zero-order valence-corrected chi connectivity index (χ0v) is 18.4. The minimum Gasteiger partial charge on any atom is -0.276 e. The summed E-state index contributed by atoms with van der Waals surface area (Å²) in [6.45, 7) is 1.84. The predicted octanol–water partition coefficient (Wildman–Crippen LogP) is 3.74. The Bertz CT molecular complexity index is 1260. The van der Waals surface area contributed by atoms with Gasteiger partial charge in [-0.25, -0.2) is 9.69 Å². The average Bonchev–Trinajstić information content (AvgIpc) is 2.82. The number of nitro benzene ring substituents is 1. The Morgan fingerprint density at radius 2 is 1.71 bits per heavy atom. The standard InChI is InChI=1S/C25H22N4O5/c1-17-3-2-4-21(15-17)28-23(31)25(22(30)27-24(28)32,12-9-18-10-13-26-14-11-18)16-19-5-7-20(8-6-19)29(33)34/h2-8,10-11,13-15H,9,12,16H2,1H3,(H,27,30,32)/t25-/m0/s1. The number of pyridine rings is 1. The first kappa shape index (κ1) is 22.8. The first-order valence-electron chi connectivity index (χ1n) is 10.7. The average molecular weight is 458 g/mol. The van der Waals surface area contributed by atoms with Crippen LogP contribution < -0.4 is 10.2 Å². The van der Waals surface area contributed by atoms with Crippen molar-refractivity contribution in [3.63, 3.8) is 0 Å². The SMILES string of the molecule is Cc1cccc(N2C(=O)NC(=O)[C@](CCc3ccncc3)(Cc3ccc([N+](=O)[O-])cc3)C2=O)c1. The van der Waals surface area contributed by atoms with E-state index in [9.17, 15) is 24.5 Å². The summed E-state index contributed by atoms with van der Waals surface area (Å²) in [4.78, 5) is 55.5. The molecule has 2 aromatic carbocycles. The van der Waals surface area contributed by atoms with Gasteiger partial charge in [0.2, 0.25) is 5.91 Å². The Morgan fingerprint density at radius 1 is 1.00 bits per heavy atom. The molecule has 0 spiro atoms. The molecule has 1 saturated heterocycles. The zero-order valence-electron chi connectivity index (χ0n) is 18.4. The molecule has 9 nitrogen and oxygen atoms in total. The molecule has 0 unspecified atom stereocenters. The number of anilines is 1. The maximum absolute atomic E-state index is 13.9. The Hall–Kier alpha value is -4.40. The van der Waals surface area contributed by atoms with Crippen LogP contribution in [0.15, 0.2) is 73.1 Å². The summed E-state index contributed by atoms with van der Waals surface area (Å²) in [5.41, 5.74) is 1.00. The number of aryl methyl sites for hydroxylation is 2. The molecule has 1 N–H and O–H groups in total. The smallest absolute Gasteiger partial charge is 0.276 e. The van der Waals surface area contributed by atoms with Crippen molar-refractivity contribution < 1.29 is 19.3 Å². The van der Waals surface area contributed by atoms with E-state index in [1.807, 2.05) is 13.0 Å². The van der Waals surface area contributed by atoms with Crippen molar-refractivity contribution in [2.45, 2.75) is 26.2 Å². The third-order valence-corrected chi connectivity index (χ3v) is 5.97. The fourth-order valence-corrected chi connectivity index (χ4v) is 4.13. The van der Waals surface area contributed by atoms with Crippen LogP contribution in [0.5, 0.6) is 0 Å². The third-order valence-electron chi connectivity index (χ3n) is 5.97. The second kappa shape index (κ2) is 9.22. The molecular weight excluding hydrogens is 436 g/mol. The third kappa shape index (κ3) is 4.40. The van der Waals surface area contributed by atoms with Gasteiger partial charge in [-0.3, -0.25) is 30.0 Å². The van der Waals surface area contributed by atoms with Crippen LogP contribution in [0.25, 0.3) is 0 Å². The van der Waals surface area contributed by atoms with E-state index in [0.29, 0.717) is 17.7 Å². The van der Waals surface area contributed by atoms with Crippen molar-refractivity contribution in [2.24, 2.45) is 5.41 Å². The van der Waals surface area contributed by atoms with E-state index < -0.39 is 28.2 Å². The number of aromatic nitrogens is 1. The van der Waals surface area contributed by atoms with Gasteiger partial charge in [0.05, 0.1) is 10.6 Å². The molecule has 0 aliphatic carbocycles. The van der Waals surface area contributed by atoms with E-state index in [4.69, 9.17) is 0 Å². The summed E-state index contributed by atoms with van der Waals surface area (Å²) in [6.07, 6.45) is 3.77. The van der Waals surface area contributed by atoms with Crippen LogP contribution in [0.4, 0.5) is 16.2 Å². The molecule has 9 heteroatoms. The highest BCUT2D eigenvalue weighted by Crippen LogP contribution is 2.37. The Kier molecular flexibility index (Phi) is 6.18. The molecule has 1 atom stereocenters. The number of carbonyl (C=O) groups is 3. The van der Waals surface area contributed by atoms with Crippen molar-refractivity contribution in [2.75, 3.05) is 4.90 Å². The van der Waals surface area contributed by atoms with Gasteiger partial charge in [-0.2, -0.15) is 0 Å². The van der Waals surface area contributed by atoms with Crippen molar-refractivity contribution in [3.05, 3.63) is 99.9 Å². The maximum atomic E-state index is 13.9. The molecule has 0 saturated carbocycles. The van der Waals surface area contributed by atoms with Gasteiger partial charge in [0.25, 0.3) is 11.6 Å². The van der Waals surface area contributed by atoms with Crippen LogP contribution in [-0.4, -0.2) is 27.8 Å². The number of urea groups is 1. The van der Waals surface area contributed by atoms with E-state index in [-0.39, 0.29) is 18.5 Å². The number of barbiturate groups is 1. The Balaban J connectivity index is 1.75. The molecule has 172 valence electrons. The van der Waals surface area contributed by atoms with E-state index in [1.165, 1.54) is 24.3 Å². The van der Waals surface area contributed by atoms with Gasteiger partial charge in [0, 0.05) is 24.5 Å². The van der Waals surface area contributed by atoms with Crippen LogP contribution in [0.2, 0.25) is 0 Å². The summed E-state index contributed by atoms with van der Waals surface area (Å²) < 4.78 is 0. The summed E-state index contributed by atoms with van der Waals surface area (Å²) >= 11 is 0. The quantitative estimate of drug-likeness (QED) is 0.327. The van der Waals surface area contributed by atoms with Crippen LogP contribution in [0.3, 0.4) is 0 Å². The van der Waals surface area contributed by atoms with Crippen molar-refractivity contribution in [1.29, 1.82) is 0 Å². The minimum atomic E-state index is -1.59. The van der Waals surface area contributed by atoms with Crippen LogP contribution in [-0.2, 0) is 22.4 Å². The molecule has 0 bridgehead atoms. The lowest BCUT2D eigenvalue weighted by atomic mass is 9.73. The van der Waals surface area contributed by atoms with Gasteiger partial charge in [0.15, 0.2) is 0 Å². The number of hydrogen-bond donors (Lipinski definition) is 1. The van der Waals surface area contributed by atoms with Gasteiger partial charge in [0.1, 0.15) is 5.41 Å². The lowest BCUT2D eigenvalue weighted by Crippen LogP contribution is -2.65. The number of benzene rings is 2. The number of nitrogens with one attached hydrogen (secondary N) is 1. The molecule has 1 aromatic heterocycles. The molecule has 1 fully saturated rings. The highest BCUT2D eigenvalue weighted by Gasteiger charge is 2.54. The molecule has 1 aliphatic heterocycles. The first-order chi connectivity index (χ1) is 16.3. The molecule has 3 aromatic rings. The highest BCUT2D eigenvalue weighted by atomic mass is 16.6. The predicted molar refractivity (Wildman–Crippen MR) is 124 cm³/mol. The zero-order chi connectivity index (χ0) is 24.3. The second-order valence-corrected chi connectivity index (χ2v) is 8.28. The van der Waals surface area contributed by atoms with Gasteiger partial charge in [-0.1, -0.05) is 24.3 Å². The molecule has 34 heavy (non-hydrogen) atoms. The largest absolute Gasteiger partial charge is 0.335 e. The summed E-state index contributed by atoms with van der Waals surface area (Å²) in [5.74, 6) is -1.31. The first-order valence-corrected chi connectivity index (χ1v) is 10.7. The lowest BCUT2D eigenvalue weighted by molar-refractivity contribution is -0.384. The van der Waals surface area contributed by atoms with E-state index in [2.05, 4.69) is 10.3 Å². The van der Waals surface area contributed by atoms with Crippen molar-refractivity contribution in [3.8, 4) is 0 Å². The number of hydrogen-bond acceptors (Lipinski definition) is 6. The number of nitrogens with zero attached hydrogens (tertiary/aromatic N) is 3. The van der Waals surface area contributed by atoms with Crippen LogP contribution in [0, 0.1) is 22.5 Å². The number of nitro groups is 1. The number of carbonyl (C=O) groups excluding carboxylic acids is 3. The molecule has 4 amide bonds. The van der Waals surface area contributed by atoms with Crippen molar-refractivity contribution >= 4 is 29.2 Å². The molecule has 0 radical (unpaired) electrons. The van der Waals surface area contributed by atoms with E-state index >= 15 is 0 Å². The van der Waals surface area contributed by atoms with Crippen LogP contribution in [0.1, 0.15) is 23.1 Å². The van der Waals surface area contributed by atoms with E-state index in [1.54, 1.807) is 42.7 Å². The Morgan fingerprint density at radius 3 is 2.35 bits per heavy atom. The van der Waals surface area contributed by atoms with Gasteiger partial charge in [-0.05, 0) is 67.1 Å². The summed E-state index contributed by atoms with van der Waals surface area (Å²) in [5, 5.41) is 13.4. The van der Waals surface area contributed by atoms with Gasteiger partial charge in [-0.15, -0.1) is 0 Å². The lowest BCUT2D eigenvalue weighted by Gasteiger charge is -2.39. The number of rotatable bonds is 7. The minimum absolute atomic E-state index is 0.0175. The van der Waals surface area contributed by atoms with E-state index in [0.717, 1.165) is 16.0 Å². The van der Waals surface area contributed by atoms with Crippen LogP contribution >= 0.6 is 0 Å². The fraction of sp³-hybridized carbons (Fsp3) is 0.200.